The van der Waals surface area contributed by atoms with E-state index in [1.54, 1.807) is 6.20 Å². The molecule has 21 heavy (non-hydrogen) atoms. The fourth-order valence-corrected chi connectivity index (χ4v) is 3.89. The van der Waals surface area contributed by atoms with Crippen molar-refractivity contribution in [2.75, 3.05) is 6.54 Å². The van der Waals surface area contributed by atoms with E-state index in [-0.39, 0.29) is 5.91 Å². The molecule has 0 saturated heterocycles. The van der Waals surface area contributed by atoms with Crippen LogP contribution in [0.5, 0.6) is 0 Å². The van der Waals surface area contributed by atoms with Crippen molar-refractivity contribution < 1.29 is 4.79 Å². The van der Waals surface area contributed by atoms with E-state index in [1.165, 1.54) is 30.4 Å². The van der Waals surface area contributed by atoms with Crippen molar-refractivity contribution in [1.82, 2.24) is 15.5 Å². The molecule has 2 aliphatic carbocycles. The van der Waals surface area contributed by atoms with Gasteiger partial charge in [0, 0.05) is 17.7 Å². The van der Waals surface area contributed by atoms with E-state index in [2.05, 4.69) is 39.8 Å². The van der Waals surface area contributed by atoms with E-state index in [9.17, 15) is 4.79 Å². The Morgan fingerprint density at radius 3 is 3.14 bits per heavy atom. The summed E-state index contributed by atoms with van der Waals surface area (Å²) in [5.74, 6) is 0.562. The fraction of sp³-hybridized carbons (Fsp3) is 0.412. The number of carbonyl (C=O) groups is 1. The quantitative estimate of drug-likeness (QED) is 0.907. The molecular weight excluding hydrogens is 262 g/mol. The molecule has 1 heterocycles. The second-order valence-electron chi connectivity index (χ2n) is 6.33. The molecule has 1 amide bonds. The first-order valence-electron chi connectivity index (χ1n) is 7.57. The van der Waals surface area contributed by atoms with Gasteiger partial charge in [-0.3, -0.25) is 9.89 Å². The third-order valence-corrected chi connectivity index (χ3v) is 5.21. The molecule has 2 unspecified atom stereocenters. The van der Waals surface area contributed by atoms with Crippen LogP contribution in [0.4, 0.5) is 0 Å². The van der Waals surface area contributed by atoms with E-state index < -0.39 is 0 Å². The summed E-state index contributed by atoms with van der Waals surface area (Å²) in [6.07, 6.45) is 5.21. The molecule has 0 radical (unpaired) electrons. The van der Waals surface area contributed by atoms with Gasteiger partial charge in [0.1, 0.15) is 0 Å². The zero-order valence-electron chi connectivity index (χ0n) is 12.1. The van der Waals surface area contributed by atoms with Crippen LogP contribution < -0.4 is 5.32 Å². The Labute approximate surface area is 124 Å². The molecule has 4 rings (SSSR count). The summed E-state index contributed by atoms with van der Waals surface area (Å²) >= 11 is 0. The van der Waals surface area contributed by atoms with Gasteiger partial charge in [0.25, 0.3) is 5.91 Å². The number of rotatable bonds is 3. The van der Waals surface area contributed by atoms with Gasteiger partial charge in [-0.15, -0.1) is 0 Å². The van der Waals surface area contributed by atoms with Crippen molar-refractivity contribution in [1.29, 1.82) is 0 Å². The number of aromatic amines is 1. The normalized spacial score (nSPS) is 25.9. The first-order chi connectivity index (χ1) is 10.2. The summed E-state index contributed by atoms with van der Waals surface area (Å²) in [6.45, 7) is 2.63. The van der Waals surface area contributed by atoms with Gasteiger partial charge in [-0.2, -0.15) is 5.10 Å². The highest BCUT2D eigenvalue weighted by Crippen LogP contribution is 2.61. The summed E-state index contributed by atoms with van der Waals surface area (Å²) in [4.78, 5) is 12.1. The highest BCUT2D eigenvalue weighted by Gasteiger charge is 2.57. The number of benzene rings is 1. The lowest BCUT2D eigenvalue weighted by Crippen LogP contribution is -2.27. The van der Waals surface area contributed by atoms with E-state index in [0.29, 0.717) is 16.9 Å². The first-order valence-corrected chi connectivity index (χ1v) is 7.57. The van der Waals surface area contributed by atoms with Gasteiger partial charge in [-0.05, 0) is 43.2 Å². The molecule has 1 fully saturated rings. The minimum atomic E-state index is -0.0189. The smallest absolute Gasteiger partial charge is 0.254 e. The topological polar surface area (TPSA) is 57.8 Å². The molecule has 2 N–H and O–H groups in total. The van der Waals surface area contributed by atoms with Gasteiger partial charge in [0.15, 0.2) is 0 Å². The van der Waals surface area contributed by atoms with Crippen LogP contribution in [0.25, 0.3) is 0 Å². The summed E-state index contributed by atoms with van der Waals surface area (Å²) < 4.78 is 0. The molecule has 0 bridgehead atoms. The molecule has 1 aromatic heterocycles. The van der Waals surface area contributed by atoms with Crippen molar-refractivity contribution in [2.45, 2.75) is 31.6 Å². The zero-order valence-corrected chi connectivity index (χ0v) is 12.1. The molecule has 4 heteroatoms. The molecule has 1 saturated carbocycles. The Kier molecular flexibility index (Phi) is 2.67. The highest BCUT2D eigenvalue weighted by atomic mass is 16.1. The average molecular weight is 281 g/mol. The average Bonchev–Trinajstić information content (AvgIpc) is 2.82. The Bertz CT molecular complexity index is 706. The number of amides is 1. The number of hydrogen-bond acceptors (Lipinski definition) is 2. The fourth-order valence-electron chi connectivity index (χ4n) is 3.89. The maximum atomic E-state index is 12.1. The van der Waals surface area contributed by atoms with Crippen LogP contribution in [0.1, 0.15) is 40.0 Å². The van der Waals surface area contributed by atoms with E-state index >= 15 is 0 Å². The maximum absolute atomic E-state index is 12.1. The van der Waals surface area contributed by atoms with Crippen molar-refractivity contribution in [2.24, 2.45) is 5.92 Å². The minimum Gasteiger partial charge on any atom is -0.352 e. The monoisotopic (exact) mass is 281 g/mol. The lowest BCUT2D eigenvalue weighted by Gasteiger charge is -2.12. The van der Waals surface area contributed by atoms with Crippen molar-refractivity contribution in [3.05, 3.63) is 52.8 Å². The van der Waals surface area contributed by atoms with Crippen LogP contribution >= 0.6 is 0 Å². The molecule has 1 aromatic carbocycles. The molecule has 0 aliphatic heterocycles. The number of H-pyrrole nitrogens is 1. The third kappa shape index (κ3) is 1.89. The Hall–Kier alpha value is -2.10. The molecule has 2 aromatic rings. The second-order valence-corrected chi connectivity index (χ2v) is 6.33. The van der Waals surface area contributed by atoms with Gasteiger partial charge in [-0.1, -0.05) is 24.3 Å². The molecule has 4 nitrogen and oxygen atoms in total. The lowest BCUT2D eigenvalue weighted by atomic mass is 9.95. The maximum Gasteiger partial charge on any atom is 0.254 e. The summed E-state index contributed by atoms with van der Waals surface area (Å²) in [5.41, 5.74) is 4.83. The van der Waals surface area contributed by atoms with Gasteiger partial charge in [0.2, 0.25) is 0 Å². The largest absolute Gasteiger partial charge is 0.352 e. The Morgan fingerprint density at radius 1 is 1.48 bits per heavy atom. The molecule has 108 valence electrons. The van der Waals surface area contributed by atoms with E-state index in [0.717, 1.165) is 12.2 Å². The number of nitrogens with one attached hydrogen (secondary N) is 2. The number of nitrogens with zero attached hydrogens (tertiary/aromatic N) is 1. The minimum absolute atomic E-state index is 0.0189. The molecule has 2 atom stereocenters. The summed E-state index contributed by atoms with van der Waals surface area (Å²) in [5, 5.41) is 9.77. The Morgan fingerprint density at radius 2 is 2.33 bits per heavy atom. The van der Waals surface area contributed by atoms with Gasteiger partial charge in [0.05, 0.1) is 11.8 Å². The summed E-state index contributed by atoms with van der Waals surface area (Å²) in [7, 11) is 0. The Balaban J connectivity index is 1.43. The predicted octanol–water partition coefficient (Wildman–Crippen LogP) is 2.35. The van der Waals surface area contributed by atoms with Crippen LogP contribution in [-0.2, 0) is 11.8 Å². The number of carbonyl (C=O) groups excluding carboxylic acids is 1. The van der Waals surface area contributed by atoms with Crippen LogP contribution in [-0.4, -0.2) is 22.6 Å². The zero-order chi connectivity index (χ0) is 14.4. The highest BCUT2D eigenvalue weighted by molar-refractivity contribution is 5.94. The van der Waals surface area contributed by atoms with Crippen molar-refractivity contribution in [3.63, 3.8) is 0 Å². The molecule has 2 aliphatic rings. The van der Waals surface area contributed by atoms with Gasteiger partial charge in [-0.25, -0.2) is 0 Å². The number of hydrogen-bond donors (Lipinski definition) is 2. The standard InChI is InChI=1S/C17H19N3O/c1-11-14(10-19-20-11)16(21)18-9-13-8-17(13)7-6-12-4-2-3-5-15(12)17/h2-5,10,13H,6-9H2,1H3,(H,18,21)(H,19,20). The summed E-state index contributed by atoms with van der Waals surface area (Å²) in [6, 6.07) is 8.77. The SMILES string of the molecule is Cc1[nH]ncc1C(=O)NCC1CC12CCc1ccccc12. The van der Waals surface area contributed by atoms with Crippen LogP contribution in [0.15, 0.2) is 30.5 Å². The van der Waals surface area contributed by atoms with Gasteiger partial charge >= 0.3 is 0 Å². The van der Waals surface area contributed by atoms with E-state index in [4.69, 9.17) is 0 Å². The van der Waals surface area contributed by atoms with Crippen LogP contribution in [0.3, 0.4) is 0 Å². The first kappa shape index (κ1) is 12.6. The van der Waals surface area contributed by atoms with Crippen LogP contribution in [0.2, 0.25) is 0 Å². The predicted molar refractivity (Wildman–Crippen MR) is 80.2 cm³/mol. The second kappa shape index (κ2) is 4.45. The van der Waals surface area contributed by atoms with Gasteiger partial charge < -0.3 is 5.32 Å². The van der Waals surface area contributed by atoms with E-state index in [1.807, 2.05) is 6.92 Å². The van der Waals surface area contributed by atoms with Crippen molar-refractivity contribution >= 4 is 5.91 Å². The number of aromatic nitrogens is 2. The number of fused-ring (bicyclic) bond motifs is 2. The third-order valence-electron chi connectivity index (χ3n) is 5.21. The number of aryl methyl sites for hydroxylation is 2. The van der Waals surface area contributed by atoms with Crippen LogP contribution in [0, 0.1) is 12.8 Å². The lowest BCUT2D eigenvalue weighted by molar-refractivity contribution is 0.0950. The molecular formula is C17H19N3O. The van der Waals surface area contributed by atoms with Crippen molar-refractivity contribution in [3.8, 4) is 0 Å². The molecule has 1 spiro atoms.